The second-order valence-corrected chi connectivity index (χ2v) is 6.95. The smallest absolute Gasteiger partial charge is 0.217 e. The quantitative estimate of drug-likeness (QED) is 0.683. The van der Waals surface area contributed by atoms with Crippen LogP contribution in [0.15, 0.2) is 36.0 Å². The molecule has 6 heteroatoms. The van der Waals surface area contributed by atoms with E-state index in [1.807, 2.05) is 36.7 Å². The van der Waals surface area contributed by atoms with Crippen LogP contribution in [0.1, 0.15) is 22.4 Å². The summed E-state index contributed by atoms with van der Waals surface area (Å²) >= 11 is 1.65. The van der Waals surface area contributed by atoms with Gasteiger partial charge in [-0.3, -0.25) is 4.90 Å². The summed E-state index contributed by atoms with van der Waals surface area (Å²) in [5.41, 5.74) is 3.85. The summed E-state index contributed by atoms with van der Waals surface area (Å²) in [4.78, 5) is 16.3. The lowest BCUT2D eigenvalue weighted by atomic mass is 10.1. The molecule has 0 aromatic carbocycles. The SMILES string of the molecule is Cc1ccnc(F)c1CN1CCc2nc(-c3cccs3)ncc2C1. The van der Waals surface area contributed by atoms with Crippen molar-refractivity contribution in [3.63, 3.8) is 0 Å². The van der Waals surface area contributed by atoms with Gasteiger partial charge in [-0.2, -0.15) is 4.39 Å². The Hall–Kier alpha value is -2.18. The molecule has 0 saturated heterocycles. The van der Waals surface area contributed by atoms with Crippen molar-refractivity contribution in [2.75, 3.05) is 6.54 Å². The van der Waals surface area contributed by atoms with E-state index in [1.165, 1.54) is 6.20 Å². The van der Waals surface area contributed by atoms with E-state index in [2.05, 4.69) is 14.9 Å². The first kappa shape index (κ1) is 15.4. The molecule has 0 aliphatic carbocycles. The van der Waals surface area contributed by atoms with E-state index in [4.69, 9.17) is 4.98 Å². The topological polar surface area (TPSA) is 41.9 Å². The number of thiophene rings is 1. The van der Waals surface area contributed by atoms with E-state index < -0.39 is 0 Å². The molecule has 0 amide bonds. The average Bonchev–Trinajstić information content (AvgIpc) is 3.12. The van der Waals surface area contributed by atoms with Crippen molar-refractivity contribution in [3.8, 4) is 10.7 Å². The lowest BCUT2D eigenvalue weighted by Crippen LogP contribution is -2.31. The minimum Gasteiger partial charge on any atom is -0.294 e. The molecule has 24 heavy (non-hydrogen) atoms. The van der Waals surface area contributed by atoms with Gasteiger partial charge in [-0.25, -0.2) is 15.0 Å². The molecule has 1 aliphatic heterocycles. The van der Waals surface area contributed by atoms with Crippen LogP contribution >= 0.6 is 11.3 Å². The van der Waals surface area contributed by atoms with E-state index in [-0.39, 0.29) is 5.95 Å². The highest BCUT2D eigenvalue weighted by atomic mass is 32.1. The maximum Gasteiger partial charge on any atom is 0.217 e. The fourth-order valence-electron chi connectivity index (χ4n) is 3.00. The number of hydrogen-bond donors (Lipinski definition) is 0. The lowest BCUT2D eigenvalue weighted by Gasteiger charge is -2.28. The average molecular weight is 340 g/mol. The zero-order chi connectivity index (χ0) is 16.5. The summed E-state index contributed by atoms with van der Waals surface area (Å²) < 4.78 is 14.0. The Morgan fingerprint density at radius 1 is 1.29 bits per heavy atom. The van der Waals surface area contributed by atoms with Crippen LogP contribution in [0, 0.1) is 12.9 Å². The molecular formula is C18H17FN4S. The van der Waals surface area contributed by atoms with Gasteiger partial charge in [0.05, 0.1) is 10.6 Å². The van der Waals surface area contributed by atoms with Crippen molar-refractivity contribution in [2.24, 2.45) is 0 Å². The Balaban J connectivity index is 1.54. The Bertz CT molecular complexity index is 843. The molecule has 3 aromatic heterocycles. The summed E-state index contributed by atoms with van der Waals surface area (Å²) in [6.07, 6.45) is 4.28. The molecule has 0 fully saturated rings. The summed E-state index contributed by atoms with van der Waals surface area (Å²) in [6, 6.07) is 5.90. The molecular weight excluding hydrogens is 323 g/mol. The van der Waals surface area contributed by atoms with Crippen molar-refractivity contribution in [2.45, 2.75) is 26.4 Å². The summed E-state index contributed by atoms with van der Waals surface area (Å²) in [5.74, 6) is 0.427. The van der Waals surface area contributed by atoms with Gasteiger partial charge in [0.2, 0.25) is 5.95 Å². The molecule has 3 aromatic rings. The van der Waals surface area contributed by atoms with Crippen molar-refractivity contribution < 1.29 is 4.39 Å². The first-order valence-electron chi connectivity index (χ1n) is 7.92. The number of halogens is 1. The van der Waals surface area contributed by atoms with Gasteiger partial charge >= 0.3 is 0 Å². The fraction of sp³-hybridized carbons (Fsp3) is 0.278. The van der Waals surface area contributed by atoms with Crippen LogP contribution < -0.4 is 0 Å². The van der Waals surface area contributed by atoms with Gasteiger partial charge in [0.1, 0.15) is 0 Å². The summed E-state index contributed by atoms with van der Waals surface area (Å²) in [5, 5.41) is 2.03. The molecule has 0 saturated carbocycles. The number of fused-ring (bicyclic) bond motifs is 1. The van der Waals surface area contributed by atoms with E-state index in [0.29, 0.717) is 12.1 Å². The molecule has 4 heterocycles. The van der Waals surface area contributed by atoms with Crippen LogP contribution in [0.3, 0.4) is 0 Å². The molecule has 122 valence electrons. The standard InChI is InChI=1S/C18H17FN4S/c1-12-4-6-20-17(19)14(12)11-23-7-5-15-13(10-23)9-21-18(22-15)16-3-2-8-24-16/h2-4,6,8-9H,5,7,10-11H2,1H3. The van der Waals surface area contributed by atoms with E-state index in [0.717, 1.165) is 47.0 Å². The number of hydrogen-bond acceptors (Lipinski definition) is 5. The molecule has 0 unspecified atom stereocenters. The Labute approximate surface area is 144 Å². The van der Waals surface area contributed by atoms with Crippen LogP contribution in [0.25, 0.3) is 10.7 Å². The van der Waals surface area contributed by atoms with Gasteiger partial charge in [0, 0.05) is 49.6 Å². The van der Waals surface area contributed by atoms with Gasteiger partial charge < -0.3 is 0 Å². The largest absolute Gasteiger partial charge is 0.294 e. The lowest BCUT2D eigenvalue weighted by molar-refractivity contribution is 0.238. The number of pyridine rings is 1. The van der Waals surface area contributed by atoms with Crippen molar-refractivity contribution in [1.29, 1.82) is 0 Å². The van der Waals surface area contributed by atoms with Gasteiger partial charge in [-0.1, -0.05) is 6.07 Å². The minimum absolute atomic E-state index is 0.370. The summed E-state index contributed by atoms with van der Waals surface area (Å²) in [7, 11) is 0. The third kappa shape index (κ3) is 2.95. The Morgan fingerprint density at radius 2 is 2.21 bits per heavy atom. The molecule has 0 spiro atoms. The number of nitrogens with zero attached hydrogens (tertiary/aromatic N) is 4. The molecule has 4 rings (SSSR count). The minimum atomic E-state index is -0.370. The predicted octanol–water partition coefficient (Wildman–Crippen LogP) is 3.61. The third-order valence-corrected chi connectivity index (χ3v) is 5.24. The maximum atomic E-state index is 14.0. The Morgan fingerprint density at radius 3 is 3.00 bits per heavy atom. The zero-order valence-electron chi connectivity index (χ0n) is 13.4. The second-order valence-electron chi connectivity index (χ2n) is 6.00. The third-order valence-electron chi connectivity index (χ3n) is 4.37. The number of aryl methyl sites for hydroxylation is 1. The van der Waals surface area contributed by atoms with Gasteiger partial charge in [-0.05, 0) is 30.0 Å². The maximum absolute atomic E-state index is 14.0. The van der Waals surface area contributed by atoms with E-state index in [9.17, 15) is 4.39 Å². The van der Waals surface area contributed by atoms with Gasteiger partial charge in [0.15, 0.2) is 5.82 Å². The summed E-state index contributed by atoms with van der Waals surface area (Å²) in [6.45, 7) is 4.10. The predicted molar refractivity (Wildman–Crippen MR) is 92.1 cm³/mol. The molecule has 0 bridgehead atoms. The molecule has 0 radical (unpaired) electrons. The molecule has 1 aliphatic rings. The Kier molecular flexibility index (Phi) is 4.08. The first-order chi connectivity index (χ1) is 11.7. The van der Waals surface area contributed by atoms with Crippen LogP contribution in [0.5, 0.6) is 0 Å². The highest BCUT2D eigenvalue weighted by molar-refractivity contribution is 7.13. The zero-order valence-corrected chi connectivity index (χ0v) is 14.2. The highest BCUT2D eigenvalue weighted by Crippen LogP contribution is 2.25. The normalized spacial score (nSPS) is 14.6. The van der Waals surface area contributed by atoms with Gasteiger partial charge in [-0.15, -0.1) is 11.3 Å². The molecule has 4 nitrogen and oxygen atoms in total. The molecule has 0 atom stereocenters. The van der Waals surface area contributed by atoms with E-state index >= 15 is 0 Å². The van der Waals surface area contributed by atoms with Crippen molar-refractivity contribution in [1.82, 2.24) is 19.9 Å². The number of aromatic nitrogens is 3. The first-order valence-corrected chi connectivity index (χ1v) is 8.79. The van der Waals surface area contributed by atoms with E-state index in [1.54, 1.807) is 11.3 Å². The fourth-order valence-corrected chi connectivity index (χ4v) is 3.67. The van der Waals surface area contributed by atoms with Crippen molar-refractivity contribution >= 4 is 11.3 Å². The van der Waals surface area contributed by atoms with Crippen LogP contribution in [-0.2, 0) is 19.5 Å². The van der Waals surface area contributed by atoms with Crippen LogP contribution in [0.2, 0.25) is 0 Å². The second kappa shape index (κ2) is 6.37. The van der Waals surface area contributed by atoms with Crippen molar-refractivity contribution in [3.05, 3.63) is 64.3 Å². The molecule has 0 N–H and O–H groups in total. The highest BCUT2D eigenvalue weighted by Gasteiger charge is 2.21. The monoisotopic (exact) mass is 340 g/mol. The van der Waals surface area contributed by atoms with Crippen LogP contribution in [-0.4, -0.2) is 26.4 Å². The number of rotatable bonds is 3. The van der Waals surface area contributed by atoms with Crippen LogP contribution in [0.4, 0.5) is 4.39 Å². The van der Waals surface area contributed by atoms with Gasteiger partial charge in [0.25, 0.3) is 0 Å².